The highest BCUT2D eigenvalue weighted by Crippen LogP contribution is 2.17. The summed E-state index contributed by atoms with van der Waals surface area (Å²) in [5.41, 5.74) is 0.504. The van der Waals surface area contributed by atoms with Crippen molar-refractivity contribution >= 4 is 18.0 Å². The van der Waals surface area contributed by atoms with Crippen LogP contribution in [0.2, 0.25) is 0 Å². The van der Waals surface area contributed by atoms with Gasteiger partial charge in [0.2, 0.25) is 0 Å². The van der Waals surface area contributed by atoms with Gasteiger partial charge in [-0.3, -0.25) is 0 Å². The lowest BCUT2D eigenvalue weighted by molar-refractivity contribution is -0.146. The van der Waals surface area contributed by atoms with Crippen molar-refractivity contribution in [1.29, 1.82) is 0 Å². The molecule has 0 fully saturated rings. The number of ether oxygens (including phenoxy) is 3. The van der Waals surface area contributed by atoms with Gasteiger partial charge >= 0.3 is 11.9 Å². The summed E-state index contributed by atoms with van der Waals surface area (Å²) in [5.74, 6) is -0.791. The highest BCUT2D eigenvalue weighted by atomic mass is 16.6. The van der Waals surface area contributed by atoms with Gasteiger partial charge in [0.05, 0.1) is 13.2 Å². The molecule has 0 heterocycles. The maximum Gasteiger partial charge on any atom is 0.345 e. The van der Waals surface area contributed by atoms with Crippen molar-refractivity contribution in [3.05, 3.63) is 48.1 Å². The van der Waals surface area contributed by atoms with Gasteiger partial charge in [-0.05, 0) is 50.6 Å². The van der Waals surface area contributed by atoms with Crippen molar-refractivity contribution in [3.8, 4) is 5.75 Å². The van der Waals surface area contributed by atoms with E-state index in [1.807, 2.05) is 6.92 Å². The minimum atomic E-state index is -0.711. The molecule has 23 heavy (non-hydrogen) atoms. The third-order valence-electron chi connectivity index (χ3n) is 2.77. The largest absolute Gasteiger partial charge is 0.487 e. The zero-order valence-electron chi connectivity index (χ0n) is 13.6. The van der Waals surface area contributed by atoms with Gasteiger partial charge < -0.3 is 14.2 Å². The second kappa shape index (κ2) is 9.46. The molecule has 0 amide bonds. The van der Waals surface area contributed by atoms with Crippen LogP contribution in [0.15, 0.2) is 35.9 Å². The first-order valence-electron chi connectivity index (χ1n) is 7.39. The Bertz CT molecular complexity index is 552. The Morgan fingerprint density at radius 1 is 1.09 bits per heavy atom. The normalized spacial score (nSPS) is 11.1. The van der Waals surface area contributed by atoms with E-state index in [-0.39, 0.29) is 24.9 Å². The fourth-order valence-corrected chi connectivity index (χ4v) is 1.68. The minimum absolute atomic E-state index is 0.147. The van der Waals surface area contributed by atoms with Crippen LogP contribution < -0.4 is 4.74 Å². The van der Waals surface area contributed by atoms with Crippen LogP contribution in [-0.2, 0) is 19.1 Å². The van der Waals surface area contributed by atoms with Crippen LogP contribution in [0.3, 0.4) is 0 Å². The average Bonchev–Trinajstić information content (AvgIpc) is 2.54. The molecule has 0 aliphatic rings. The Morgan fingerprint density at radius 2 is 1.61 bits per heavy atom. The summed E-state index contributed by atoms with van der Waals surface area (Å²) in [7, 11) is 0. The van der Waals surface area contributed by atoms with Crippen LogP contribution in [0.5, 0.6) is 5.75 Å². The first-order valence-corrected chi connectivity index (χ1v) is 7.39. The van der Waals surface area contributed by atoms with Crippen LogP contribution in [0.25, 0.3) is 6.08 Å². The molecule has 0 aromatic heterocycles. The van der Waals surface area contributed by atoms with Gasteiger partial charge in [0.25, 0.3) is 0 Å². The Hall–Kier alpha value is -2.56. The molecule has 5 heteroatoms. The van der Waals surface area contributed by atoms with Crippen molar-refractivity contribution in [2.45, 2.75) is 26.9 Å². The van der Waals surface area contributed by atoms with Crippen LogP contribution in [0.4, 0.5) is 0 Å². The highest BCUT2D eigenvalue weighted by Gasteiger charge is 2.20. The minimum Gasteiger partial charge on any atom is -0.487 e. The quantitative estimate of drug-likeness (QED) is 0.319. The lowest BCUT2D eigenvalue weighted by atomic mass is 10.1. The highest BCUT2D eigenvalue weighted by molar-refractivity contribution is 6.17. The van der Waals surface area contributed by atoms with E-state index in [1.165, 1.54) is 12.2 Å². The van der Waals surface area contributed by atoms with Gasteiger partial charge in [0.15, 0.2) is 0 Å². The van der Waals surface area contributed by atoms with E-state index < -0.39 is 11.9 Å². The molecule has 0 aliphatic heterocycles. The van der Waals surface area contributed by atoms with Crippen LogP contribution in [0.1, 0.15) is 26.3 Å². The summed E-state index contributed by atoms with van der Waals surface area (Å²) in [5, 5.41) is 0. The summed E-state index contributed by atoms with van der Waals surface area (Å²) >= 11 is 0. The van der Waals surface area contributed by atoms with E-state index >= 15 is 0 Å². The molecule has 5 nitrogen and oxygen atoms in total. The second-order valence-corrected chi connectivity index (χ2v) is 4.58. The van der Waals surface area contributed by atoms with Crippen LogP contribution >= 0.6 is 0 Å². The Morgan fingerprint density at radius 3 is 2.04 bits per heavy atom. The van der Waals surface area contributed by atoms with Crippen LogP contribution in [-0.4, -0.2) is 31.3 Å². The molecule has 0 saturated heterocycles. The Labute approximate surface area is 136 Å². The van der Waals surface area contributed by atoms with Crippen molar-refractivity contribution in [1.82, 2.24) is 0 Å². The molecule has 1 atom stereocenters. The molecule has 0 aliphatic carbocycles. The number of benzene rings is 1. The zero-order chi connectivity index (χ0) is 17.2. The van der Waals surface area contributed by atoms with Crippen molar-refractivity contribution < 1.29 is 23.8 Å². The summed E-state index contributed by atoms with van der Waals surface area (Å²) < 4.78 is 15.3. The summed E-state index contributed by atoms with van der Waals surface area (Å²) in [6.07, 6.45) is 2.65. The zero-order valence-corrected chi connectivity index (χ0v) is 13.6. The molecular weight excluding hydrogens is 296 g/mol. The first kappa shape index (κ1) is 18.5. The van der Waals surface area contributed by atoms with E-state index in [0.29, 0.717) is 11.3 Å². The molecule has 1 aromatic carbocycles. The lowest BCUT2D eigenvalue weighted by Gasteiger charge is -2.10. The Kier molecular flexibility index (Phi) is 7.60. The molecule has 123 valence electrons. The smallest absolute Gasteiger partial charge is 0.345 e. The number of carbonyl (C=O) groups is 2. The average molecular weight is 317 g/mol. The van der Waals surface area contributed by atoms with E-state index in [0.717, 1.165) is 0 Å². The van der Waals surface area contributed by atoms with Crippen molar-refractivity contribution in [3.63, 3.8) is 0 Å². The van der Waals surface area contributed by atoms with Crippen molar-refractivity contribution in [2.24, 2.45) is 0 Å². The van der Waals surface area contributed by atoms with E-state index in [4.69, 9.17) is 20.8 Å². The molecule has 1 aromatic rings. The molecule has 0 spiro atoms. The summed E-state index contributed by atoms with van der Waals surface area (Å²) in [4.78, 5) is 23.8. The van der Waals surface area contributed by atoms with Gasteiger partial charge in [-0.25, -0.2) is 9.59 Å². The van der Waals surface area contributed by atoms with Crippen LogP contribution in [0, 0.1) is 6.58 Å². The van der Waals surface area contributed by atoms with Gasteiger partial charge in [-0.15, -0.1) is 0 Å². The summed E-state index contributed by atoms with van der Waals surface area (Å²) in [6.45, 7) is 10.9. The third kappa shape index (κ3) is 5.98. The molecule has 0 saturated carbocycles. The first-order chi connectivity index (χ1) is 11.0. The number of esters is 2. The molecule has 0 N–H and O–H groups in total. The molecule has 1 radical (unpaired) electrons. The monoisotopic (exact) mass is 317 g/mol. The van der Waals surface area contributed by atoms with Gasteiger partial charge in [-0.1, -0.05) is 18.7 Å². The predicted molar refractivity (Wildman–Crippen MR) is 86.6 cm³/mol. The molecule has 0 bridgehead atoms. The van der Waals surface area contributed by atoms with E-state index in [9.17, 15) is 9.59 Å². The predicted octanol–water partition coefficient (Wildman–Crippen LogP) is 2.95. The maximum atomic E-state index is 11.9. The Balaban J connectivity index is 2.99. The third-order valence-corrected chi connectivity index (χ3v) is 2.77. The van der Waals surface area contributed by atoms with Gasteiger partial charge in [-0.2, -0.15) is 0 Å². The van der Waals surface area contributed by atoms with Crippen molar-refractivity contribution in [2.75, 3.05) is 13.2 Å². The lowest BCUT2D eigenvalue weighted by Crippen LogP contribution is -2.18. The van der Waals surface area contributed by atoms with Gasteiger partial charge in [0.1, 0.15) is 17.4 Å². The summed E-state index contributed by atoms with van der Waals surface area (Å²) in [6, 6.07) is 6.88. The number of rotatable bonds is 8. The number of carbonyl (C=O) groups excluding carboxylic acids is 2. The molecular formula is C18H21O5. The SMILES string of the molecule is [CH]=CC(C)Oc1ccc(C=C(C(=O)OCC)C(=O)OCC)cc1. The second-order valence-electron chi connectivity index (χ2n) is 4.58. The topological polar surface area (TPSA) is 61.8 Å². The van der Waals surface area contributed by atoms with E-state index in [1.54, 1.807) is 38.1 Å². The fourth-order valence-electron chi connectivity index (χ4n) is 1.68. The fraction of sp³-hybridized carbons (Fsp3) is 0.333. The van der Waals surface area contributed by atoms with Gasteiger partial charge in [0, 0.05) is 0 Å². The maximum absolute atomic E-state index is 11.9. The number of hydrogen-bond donors (Lipinski definition) is 0. The standard InChI is InChI=1S/C18H21O5/c1-5-13(4)23-15-10-8-14(9-11-15)12-16(17(19)21-6-2)18(20)22-7-3/h1,5,8-13H,6-7H2,2-4H3. The molecule has 1 rings (SSSR count). The number of hydrogen-bond acceptors (Lipinski definition) is 5. The van der Waals surface area contributed by atoms with E-state index in [2.05, 4.69) is 0 Å². The molecule has 1 unspecified atom stereocenters.